The van der Waals surface area contributed by atoms with Gasteiger partial charge >= 0.3 is 0 Å². The average molecular weight is 364 g/mol. The minimum absolute atomic E-state index is 0.0426. The fourth-order valence-electron chi connectivity index (χ4n) is 2.17. The Bertz CT molecular complexity index is 364. The molecule has 0 amide bonds. The highest BCUT2D eigenvalue weighted by atomic mass is 79.9. The highest BCUT2D eigenvalue weighted by Crippen LogP contribution is 2.37. The maximum Gasteiger partial charge on any atom is 0.148 e. The van der Waals surface area contributed by atoms with Gasteiger partial charge in [-0.15, -0.1) is 0 Å². The smallest absolute Gasteiger partial charge is 0.148 e. The van der Waals surface area contributed by atoms with Gasteiger partial charge in [-0.1, -0.05) is 6.42 Å². The first-order chi connectivity index (χ1) is 8.20. The highest BCUT2D eigenvalue weighted by Gasteiger charge is 2.18. The average Bonchev–Trinajstić information content (AvgIpc) is 2.35. The number of aliphatic hydroxyl groups is 1. The van der Waals surface area contributed by atoms with E-state index in [0.717, 1.165) is 33.1 Å². The van der Waals surface area contributed by atoms with Crippen molar-refractivity contribution in [2.45, 2.75) is 44.8 Å². The molecule has 1 aromatic carbocycles. The Morgan fingerprint density at radius 2 is 1.71 bits per heavy atom. The van der Waals surface area contributed by atoms with E-state index in [0.29, 0.717) is 6.10 Å². The van der Waals surface area contributed by atoms with E-state index in [1.807, 2.05) is 12.1 Å². The lowest BCUT2D eigenvalue weighted by Gasteiger charge is -2.24. The van der Waals surface area contributed by atoms with E-state index in [1.165, 1.54) is 19.3 Å². The minimum atomic E-state index is 0.0426. The van der Waals surface area contributed by atoms with Gasteiger partial charge in [-0.25, -0.2) is 0 Å². The summed E-state index contributed by atoms with van der Waals surface area (Å²) in [6, 6.07) is 3.81. The molecule has 0 spiro atoms. The first kappa shape index (κ1) is 13.4. The van der Waals surface area contributed by atoms with E-state index in [-0.39, 0.29) is 6.61 Å². The van der Waals surface area contributed by atoms with Crippen LogP contribution in [0, 0.1) is 0 Å². The van der Waals surface area contributed by atoms with Crippen LogP contribution < -0.4 is 4.74 Å². The van der Waals surface area contributed by atoms with Crippen LogP contribution in [0.2, 0.25) is 0 Å². The van der Waals surface area contributed by atoms with Gasteiger partial charge in [-0.05, 0) is 75.2 Å². The van der Waals surface area contributed by atoms with Gasteiger partial charge < -0.3 is 9.84 Å². The summed E-state index contributed by atoms with van der Waals surface area (Å²) in [7, 11) is 0. The molecule has 17 heavy (non-hydrogen) atoms. The van der Waals surface area contributed by atoms with Gasteiger partial charge in [0.2, 0.25) is 0 Å². The quantitative estimate of drug-likeness (QED) is 0.861. The molecule has 0 atom stereocenters. The summed E-state index contributed by atoms with van der Waals surface area (Å²) < 4.78 is 7.85. The Labute approximate surface area is 119 Å². The van der Waals surface area contributed by atoms with Crippen molar-refractivity contribution in [3.63, 3.8) is 0 Å². The molecule has 0 heterocycles. The molecule has 1 fully saturated rings. The van der Waals surface area contributed by atoms with E-state index in [9.17, 15) is 0 Å². The molecule has 1 saturated carbocycles. The van der Waals surface area contributed by atoms with Crippen molar-refractivity contribution < 1.29 is 9.84 Å². The molecule has 0 bridgehead atoms. The molecule has 0 aromatic heterocycles. The third-order valence-electron chi connectivity index (χ3n) is 3.08. The number of halogens is 2. The van der Waals surface area contributed by atoms with E-state index < -0.39 is 0 Å². The molecule has 1 aliphatic rings. The van der Waals surface area contributed by atoms with Crippen molar-refractivity contribution in [1.82, 2.24) is 0 Å². The van der Waals surface area contributed by atoms with Crippen LogP contribution in [0.5, 0.6) is 5.75 Å². The van der Waals surface area contributed by atoms with E-state index in [1.54, 1.807) is 0 Å². The van der Waals surface area contributed by atoms with Crippen molar-refractivity contribution in [2.24, 2.45) is 0 Å². The Hall–Kier alpha value is -0.0600. The van der Waals surface area contributed by atoms with Crippen molar-refractivity contribution in [2.75, 3.05) is 0 Å². The summed E-state index contributed by atoms with van der Waals surface area (Å²) in [6.45, 7) is 0.0426. The van der Waals surface area contributed by atoms with Crippen LogP contribution in [0.1, 0.15) is 37.7 Å². The molecule has 1 N–H and O–H groups in total. The predicted octanol–water partition coefficient (Wildman–Crippen LogP) is 4.42. The summed E-state index contributed by atoms with van der Waals surface area (Å²) in [6.07, 6.45) is 6.45. The molecule has 0 unspecified atom stereocenters. The number of benzene rings is 1. The van der Waals surface area contributed by atoms with Gasteiger partial charge in [0, 0.05) is 0 Å². The fourth-order valence-corrected chi connectivity index (χ4v) is 3.63. The molecule has 0 aliphatic heterocycles. The molecule has 0 radical (unpaired) electrons. The van der Waals surface area contributed by atoms with Gasteiger partial charge in [0.25, 0.3) is 0 Å². The summed E-state index contributed by atoms with van der Waals surface area (Å²) in [5.41, 5.74) is 0.875. The molecule has 94 valence electrons. The highest BCUT2D eigenvalue weighted by molar-refractivity contribution is 9.11. The second-order valence-corrected chi connectivity index (χ2v) is 6.13. The van der Waals surface area contributed by atoms with Crippen LogP contribution in [-0.4, -0.2) is 11.2 Å². The normalized spacial score (nSPS) is 17.1. The molecule has 1 aliphatic carbocycles. The van der Waals surface area contributed by atoms with Crippen LogP contribution in [0.3, 0.4) is 0 Å². The second kappa shape index (κ2) is 6.21. The van der Waals surface area contributed by atoms with Gasteiger partial charge in [0.05, 0.1) is 21.7 Å². The first-order valence-corrected chi connectivity index (χ1v) is 7.54. The van der Waals surface area contributed by atoms with Gasteiger partial charge in [-0.3, -0.25) is 0 Å². The Morgan fingerprint density at radius 3 is 2.24 bits per heavy atom. The molecular weight excluding hydrogens is 348 g/mol. The van der Waals surface area contributed by atoms with Crippen LogP contribution in [0.15, 0.2) is 21.1 Å². The van der Waals surface area contributed by atoms with E-state index >= 15 is 0 Å². The van der Waals surface area contributed by atoms with Crippen molar-refractivity contribution in [3.05, 3.63) is 26.6 Å². The molecule has 4 heteroatoms. The van der Waals surface area contributed by atoms with Crippen LogP contribution in [0.4, 0.5) is 0 Å². The second-order valence-electron chi connectivity index (χ2n) is 4.42. The lowest BCUT2D eigenvalue weighted by molar-refractivity contribution is 0.153. The molecule has 1 aromatic rings. The van der Waals surface area contributed by atoms with Crippen LogP contribution in [-0.2, 0) is 6.61 Å². The zero-order chi connectivity index (χ0) is 12.3. The minimum Gasteiger partial charge on any atom is -0.488 e. The topological polar surface area (TPSA) is 29.5 Å². The Kier molecular flexibility index (Phi) is 4.88. The number of aliphatic hydroxyl groups excluding tert-OH is 1. The van der Waals surface area contributed by atoms with Gasteiger partial charge in [0.1, 0.15) is 5.75 Å². The van der Waals surface area contributed by atoms with E-state index in [2.05, 4.69) is 31.9 Å². The maximum atomic E-state index is 9.12. The van der Waals surface area contributed by atoms with Crippen molar-refractivity contribution in [1.29, 1.82) is 0 Å². The van der Waals surface area contributed by atoms with E-state index in [4.69, 9.17) is 9.84 Å². The van der Waals surface area contributed by atoms with Crippen molar-refractivity contribution in [3.8, 4) is 5.75 Å². The third kappa shape index (κ3) is 3.46. The third-order valence-corrected chi connectivity index (χ3v) is 4.26. The predicted molar refractivity (Wildman–Crippen MR) is 75.3 cm³/mol. The number of hydrogen-bond donors (Lipinski definition) is 1. The SMILES string of the molecule is OCc1cc(Br)c(OC2CCCCC2)c(Br)c1. The Morgan fingerprint density at radius 1 is 1.12 bits per heavy atom. The van der Waals surface area contributed by atoms with Crippen LogP contribution in [0.25, 0.3) is 0 Å². The lowest BCUT2D eigenvalue weighted by atomic mass is 9.98. The monoisotopic (exact) mass is 362 g/mol. The lowest BCUT2D eigenvalue weighted by Crippen LogP contribution is -2.20. The van der Waals surface area contributed by atoms with Crippen LogP contribution >= 0.6 is 31.9 Å². The zero-order valence-electron chi connectivity index (χ0n) is 9.59. The maximum absolute atomic E-state index is 9.12. The fraction of sp³-hybridized carbons (Fsp3) is 0.538. The summed E-state index contributed by atoms with van der Waals surface area (Å²) in [5.74, 6) is 0.856. The van der Waals surface area contributed by atoms with Gasteiger partial charge in [0.15, 0.2) is 0 Å². The molecule has 0 saturated heterocycles. The van der Waals surface area contributed by atoms with Gasteiger partial charge in [-0.2, -0.15) is 0 Å². The zero-order valence-corrected chi connectivity index (χ0v) is 12.8. The molecule has 2 nitrogen and oxygen atoms in total. The molecule has 2 rings (SSSR count). The Balaban J connectivity index is 2.14. The summed E-state index contributed by atoms with van der Waals surface area (Å²) in [5, 5.41) is 9.12. The number of ether oxygens (including phenoxy) is 1. The standard InChI is InChI=1S/C13H16Br2O2/c14-11-6-9(8-16)7-12(15)13(11)17-10-4-2-1-3-5-10/h6-7,10,16H,1-5,8H2. The van der Waals surface area contributed by atoms with Crippen molar-refractivity contribution >= 4 is 31.9 Å². The summed E-state index contributed by atoms with van der Waals surface area (Å²) >= 11 is 7.00. The molecular formula is C13H16Br2O2. The first-order valence-electron chi connectivity index (χ1n) is 5.96. The number of rotatable bonds is 3. The number of hydrogen-bond acceptors (Lipinski definition) is 2. The summed E-state index contributed by atoms with van der Waals surface area (Å²) in [4.78, 5) is 0. The largest absolute Gasteiger partial charge is 0.488 e.